The molecule has 0 saturated carbocycles. The van der Waals surface area contributed by atoms with E-state index >= 15 is 0 Å². The van der Waals surface area contributed by atoms with Crippen LogP contribution in [0.25, 0.3) is 0 Å². The summed E-state index contributed by atoms with van der Waals surface area (Å²) in [4.78, 5) is 0. The van der Waals surface area contributed by atoms with E-state index in [1.165, 1.54) is 31.2 Å². The highest BCUT2D eigenvalue weighted by Gasteiger charge is 2.09. The van der Waals surface area contributed by atoms with Crippen LogP contribution in [0.5, 0.6) is 0 Å². The van der Waals surface area contributed by atoms with E-state index < -0.39 is 0 Å². The van der Waals surface area contributed by atoms with Gasteiger partial charge in [0, 0.05) is 0 Å². The first-order valence-corrected chi connectivity index (χ1v) is 6.40. The Morgan fingerprint density at radius 2 is 1.67 bits per heavy atom. The van der Waals surface area contributed by atoms with Crippen LogP contribution in [0, 0.1) is 0 Å². The number of rotatable bonds is 6. The summed E-state index contributed by atoms with van der Waals surface area (Å²) in [5.74, 6) is 0.784. The second-order valence-electron chi connectivity index (χ2n) is 4.37. The van der Waals surface area contributed by atoms with Crippen molar-refractivity contribution in [2.24, 2.45) is 0 Å². The normalized spacial score (nSPS) is 10.9. The molecule has 0 nitrogen and oxygen atoms in total. The van der Waals surface area contributed by atoms with E-state index in [9.17, 15) is 0 Å². The lowest BCUT2D eigenvalue weighted by atomic mass is 9.89. The van der Waals surface area contributed by atoms with E-state index in [1.807, 2.05) is 0 Å². The maximum absolute atomic E-state index is 2.40. The van der Waals surface area contributed by atoms with Crippen molar-refractivity contribution in [1.29, 1.82) is 0 Å². The van der Waals surface area contributed by atoms with Gasteiger partial charge in [-0.1, -0.05) is 57.9 Å². The van der Waals surface area contributed by atoms with Gasteiger partial charge in [0.2, 0.25) is 0 Å². The third kappa shape index (κ3) is 3.70. The zero-order valence-electron chi connectivity index (χ0n) is 10.4. The van der Waals surface area contributed by atoms with Gasteiger partial charge in [-0.3, -0.25) is 0 Å². The molecular formula is C15H24. The fraction of sp³-hybridized carbons (Fsp3) is 0.600. The van der Waals surface area contributed by atoms with Crippen LogP contribution >= 0.6 is 0 Å². The monoisotopic (exact) mass is 204 g/mol. The summed E-state index contributed by atoms with van der Waals surface area (Å²) in [6, 6.07) is 9.15. The molecule has 0 heteroatoms. The zero-order chi connectivity index (χ0) is 11.1. The smallest absolute Gasteiger partial charge is 0.0162 e. The molecule has 0 radical (unpaired) electrons. The fourth-order valence-electron chi connectivity index (χ4n) is 2.24. The van der Waals surface area contributed by atoms with Crippen LogP contribution in [0.4, 0.5) is 0 Å². The van der Waals surface area contributed by atoms with E-state index in [4.69, 9.17) is 0 Å². The Hall–Kier alpha value is -0.780. The summed E-state index contributed by atoms with van der Waals surface area (Å²) in [5, 5.41) is 0. The number of hydrogen-bond donors (Lipinski definition) is 0. The van der Waals surface area contributed by atoms with Crippen molar-refractivity contribution < 1.29 is 0 Å². The third-order valence-electron chi connectivity index (χ3n) is 3.10. The summed E-state index contributed by atoms with van der Waals surface area (Å²) in [6.07, 6.45) is 6.41. The van der Waals surface area contributed by atoms with E-state index in [0.29, 0.717) is 0 Å². The van der Waals surface area contributed by atoms with Gasteiger partial charge in [0.15, 0.2) is 0 Å². The van der Waals surface area contributed by atoms with E-state index in [-0.39, 0.29) is 0 Å². The Balaban J connectivity index is 2.79. The molecule has 0 aliphatic carbocycles. The molecule has 0 heterocycles. The second-order valence-corrected chi connectivity index (χ2v) is 4.37. The van der Waals surface area contributed by atoms with Crippen LogP contribution in [0.1, 0.15) is 63.5 Å². The van der Waals surface area contributed by atoms with E-state index in [0.717, 1.165) is 12.3 Å². The van der Waals surface area contributed by atoms with Crippen molar-refractivity contribution >= 4 is 0 Å². The Labute approximate surface area is 94.7 Å². The van der Waals surface area contributed by atoms with Crippen molar-refractivity contribution in [1.82, 2.24) is 0 Å². The van der Waals surface area contributed by atoms with Crippen molar-refractivity contribution in [3.63, 3.8) is 0 Å². The second kappa shape index (κ2) is 6.66. The van der Waals surface area contributed by atoms with Gasteiger partial charge in [-0.15, -0.1) is 0 Å². The standard InChI is InChI=1S/C15H24/c1-4-8-14(9-5-2)15-11-7-10-13(6-3)12-15/h7,10-12,14H,4-6,8-9H2,1-3H3. The average Bonchev–Trinajstić information content (AvgIpc) is 2.29. The molecular weight excluding hydrogens is 180 g/mol. The van der Waals surface area contributed by atoms with Crippen LogP contribution in [-0.2, 0) is 6.42 Å². The molecule has 0 aliphatic heterocycles. The summed E-state index contributed by atoms with van der Waals surface area (Å²) >= 11 is 0. The maximum atomic E-state index is 2.40. The fourth-order valence-corrected chi connectivity index (χ4v) is 2.24. The van der Waals surface area contributed by atoms with Crippen molar-refractivity contribution in [3.8, 4) is 0 Å². The van der Waals surface area contributed by atoms with Gasteiger partial charge in [0.1, 0.15) is 0 Å². The largest absolute Gasteiger partial charge is 0.0654 e. The highest BCUT2D eigenvalue weighted by atomic mass is 14.1. The summed E-state index contributed by atoms with van der Waals surface area (Å²) in [5.41, 5.74) is 3.03. The predicted octanol–water partition coefficient (Wildman–Crippen LogP) is 4.93. The lowest BCUT2D eigenvalue weighted by Gasteiger charge is -2.16. The topological polar surface area (TPSA) is 0 Å². The summed E-state index contributed by atoms with van der Waals surface area (Å²) in [6.45, 7) is 6.80. The van der Waals surface area contributed by atoms with Crippen LogP contribution in [0.2, 0.25) is 0 Å². The average molecular weight is 204 g/mol. The van der Waals surface area contributed by atoms with Gasteiger partial charge in [0.05, 0.1) is 0 Å². The third-order valence-corrected chi connectivity index (χ3v) is 3.10. The number of aryl methyl sites for hydroxylation is 1. The Morgan fingerprint density at radius 3 is 2.20 bits per heavy atom. The van der Waals surface area contributed by atoms with Gasteiger partial charge in [-0.2, -0.15) is 0 Å². The molecule has 0 N–H and O–H groups in total. The molecule has 1 rings (SSSR count). The highest BCUT2D eigenvalue weighted by molar-refractivity contribution is 5.26. The SMILES string of the molecule is CCCC(CCC)c1cccc(CC)c1. The Morgan fingerprint density at radius 1 is 1.00 bits per heavy atom. The summed E-state index contributed by atoms with van der Waals surface area (Å²) in [7, 11) is 0. The first kappa shape index (κ1) is 12.3. The van der Waals surface area contributed by atoms with Gasteiger partial charge in [-0.25, -0.2) is 0 Å². The lowest BCUT2D eigenvalue weighted by Crippen LogP contribution is -1.99. The molecule has 0 saturated heterocycles. The number of hydrogen-bond acceptors (Lipinski definition) is 0. The van der Waals surface area contributed by atoms with Gasteiger partial charge >= 0.3 is 0 Å². The molecule has 0 unspecified atom stereocenters. The van der Waals surface area contributed by atoms with Crippen LogP contribution in [0.15, 0.2) is 24.3 Å². The maximum Gasteiger partial charge on any atom is -0.0162 e. The molecule has 0 spiro atoms. The first-order chi connectivity index (χ1) is 7.31. The Kier molecular flexibility index (Phi) is 5.45. The van der Waals surface area contributed by atoms with E-state index in [1.54, 1.807) is 5.56 Å². The predicted molar refractivity (Wildman–Crippen MR) is 68.4 cm³/mol. The van der Waals surface area contributed by atoms with Crippen LogP contribution in [0.3, 0.4) is 0 Å². The van der Waals surface area contributed by atoms with Gasteiger partial charge in [-0.05, 0) is 36.3 Å². The van der Waals surface area contributed by atoms with Crippen LogP contribution in [-0.4, -0.2) is 0 Å². The lowest BCUT2D eigenvalue weighted by molar-refractivity contribution is 0.560. The molecule has 0 aliphatic rings. The molecule has 15 heavy (non-hydrogen) atoms. The van der Waals surface area contributed by atoms with Crippen LogP contribution < -0.4 is 0 Å². The van der Waals surface area contributed by atoms with E-state index in [2.05, 4.69) is 45.0 Å². The molecule has 1 aromatic carbocycles. The molecule has 0 aromatic heterocycles. The quantitative estimate of drug-likeness (QED) is 0.616. The minimum Gasteiger partial charge on any atom is -0.0654 e. The zero-order valence-corrected chi connectivity index (χ0v) is 10.4. The van der Waals surface area contributed by atoms with Gasteiger partial charge < -0.3 is 0 Å². The number of benzene rings is 1. The molecule has 0 atom stereocenters. The minimum atomic E-state index is 0.784. The minimum absolute atomic E-state index is 0.784. The van der Waals surface area contributed by atoms with Crippen molar-refractivity contribution in [2.45, 2.75) is 58.8 Å². The molecule has 0 amide bonds. The summed E-state index contributed by atoms with van der Waals surface area (Å²) < 4.78 is 0. The molecule has 0 bridgehead atoms. The van der Waals surface area contributed by atoms with Gasteiger partial charge in [0.25, 0.3) is 0 Å². The highest BCUT2D eigenvalue weighted by Crippen LogP contribution is 2.26. The van der Waals surface area contributed by atoms with Crippen molar-refractivity contribution in [2.75, 3.05) is 0 Å². The molecule has 0 fully saturated rings. The van der Waals surface area contributed by atoms with Crippen molar-refractivity contribution in [3.05, 3.63) is 35.4 Å². The molecule has 84 valence electrons. The molecule has 1 aromatic rings. The first-order valence-electron chi connectivity index (χ1n) is 6.40. The Bertz CT molecular complexity index is 269.